The minimum absolute atomic E-state index is 0.199. The van der Waals surface area contributed by atoms with Crippen LogP contribution in [0.2, 0.25) is 0 Å². The zero-order chi connectivity index (χ0) is 29.5. The van der Waals surface area contributed by atoms with Gasteiger partial charge < -0.3 is 29.7 Å². The Labute approximate surface area is 244 Å². The second kappa shape index (κ2) is 14.2. The number of carbonyl (C=O) groups excluding carboxylic acids is 1. The molecule has 222 valence electrons. The summed E-state index contributed by atoms with van der Waals surface area (Å²) in [6.07, 6.45) is 8.66. The number of hydrogen-bond acceptors (Lipinski definition) is 5. The standard InChI is InChI=1S/C31H42F2N5O2P/c1-36(2)23-13-11-22(12-14-23)35-26-8-5-9-28-25(26)18-24(38(28)19-30(33)41)7-6-16-34-27-15-10-21(31(39)37(3)4)17-29(27)40-20-32/h9-10,15,17-18,22-23,30,34-35H,5,8,11-14,16,19-20,41H2,1-4H3. The van der Waals surface area contributed by atoms with Crippen LogP contribution >= 0.6 is 9.24 Å². The average molecular weight is 586 g/mol. The Morgan fingerprint density at radius 2 is 1.95 bits per heavy atom. The molecule has 0 spiro atoms. The highest BCUT2D eigenvalue weighted by atomic mass is 31.0. The number of hydrogen-bond donors (Lipinski definition) is 2. The monoisotopic (exact) mass is 585 g/mol. The van der Waals surface area contributed by atoms with Gasteiger partial charge in [-0.3, -0.25) is 4.79 Å². The van der Waals surface area contributed by atoms with Gasteiger partial charge in [-0.25, -0.2) is 8.78 Å². The van der Waals surface area contributed by atoms with Crippen molar-refractivity contribution in [3.8, 4) is 17.6 Å². The number of amides is 1. The minimum Gasteiger partial charge on any atom is -0.461 e. The predicted molar refractivity (Wildman–Crippen MR) is 165 cm³/mol. The van der Waals surface area contributed by atoms with E-state index in [1.807, 2.05) is 4.57 Å². The van der Waals surface area contributed by atoms with Crippen molar-refractivity contribution in [3.05, 3.63) is 46.1 Å². The number of anilines is 1. The van der Waals surface area contributed by atoms with Gasteiger partial charge >= 0.3 is 0 Å². The third kappa shape index (κ3) is 7.81. The number of ether oxygens (including phenoxy) is 1. The van der Waals surface area contributed by atoms with Gasteiger partial charge in [-0.1, -0.05) is 21.2 Å². The van der Waals surface area contributed by atoms with E-state index in [4.69, 9.17) is 4.74 Å². The molecule has 1 aromatic heterocycles. The van der Waals surface area contributed by atoms with Crippen LogP contribution < -0.4 is 25.9 Å². The summed E-state index contributed by atoms with van der Waals surface area (Å²) in [6.45, 7) is -0.559. The molecule has 2 unspecified atom stereocenters. The Morgan fingerprint density at radius 1 is 1.20 bits per heavy atom. The molecular formula is C31H42F2N5O2P. The fourth-order valence-electron chi connectivity index (χ4n) is 5.63. The number of benzene rings is 1. The van der Waals surface area contributed by atoms with Crippen molar-refractivity contribution in [3.63, 3.8) is 0 Å². The van der Waals surface area contributed by atoms with E-state index in [0.717, 1.165) is 41.9 Å². The smallest absolute Gasteiger partial charge is 0.253 e. The van der Waals surface area contributed by atoms with Crippen LogP contribution in [0.4, 0.5) is 14.5 Å². The lowest BCUT2D eigenvalue weighted by Gasteiger charge is -2.34. The minimum atomic E-state index is -1.10. The summed E-state index contributed by atoms with van der Waals surface area (Å²) in [6, 6.07) is 8.02. The topological polar surface area (TPSA) is 61.8 Å². The highest BCUT2D eigenvalue weighted by Crippen LogP contribution is 2.27. The first kappa shape index (κ1) is 30.9. The lowest BCUT2D eigenvalue weighted by molar-refractivity contribution is 0.0826. The molecule has 2 aliphatic carbocycles. The second-order valence-electron chi connectivity index (χ2n) is 11.1. The molecule has 1 fully saturated rings. The van der Waals surface area contributed by atoms with Crippen molar-refractivity contribution in [2.75, 3.05) is 46.9 Å². The summed E-state index contributed by atoms with van der Waals surface area (Å²) in [5, 5.41) is 9.10. The second-order valence-corrected chi connectivity index (χ2v) is 11.8. The number of nitrogens with one attached hydrogen (secondary N) is 2. The van der Waals surface area contributed by atoms with Crippen LogP contribution in [0.1, 0.15) is 54.6 Å². The van der Waals surface area contributed by atoms with Gasteiger partial charge in [0.15, 0.2) is 0 Å². The Bertz CT molecular complexity index is 1400. The molecule has 1 aromatic carbocycles. The van der Waals surface area contributed by atoms with Crippen LogP contribution in [-0.4, -0.2) is 79.9 Å². The van der Waals surface area contributed by atoms with E-state index in [0.29, 0.717) is 23.3 Å². The fourth-order valence-corrected chi connectivity index (χ4v) is 5.84. The van der Waals surface area contributed by atoms with Crippen LogP contribution in [0.15, 0.2) is 24.3 Å². The number of rotatable bonds is 10. The molecule has 0 aliphatic heterocycles. The molecule has 1 heterocycles. The third-order valence-corrected chi connectivity index (χ3v) is 8.00. The first-order valence-electron chi connectivity index (χ1n) is 14.2. The van der Waals surface area contributed by atoms with Crippen molar-refractivity contribution < 1.29 is 18.3 Å². The normalized spacial score (nSPS) is 19.0. The van der Waals surface area contributed by atoms with Gasteiger partial charge in [-0.05, 0) is 82.8 Å². The van der Waals surface area contributed by atoms with Gasteiger partial charge in [-0.15, -0.1) is 0 Å². The van der Waals surface area contributed by atoms with Crippen LogP contribution in [0.25, 0.3) is 11.8 Å². The highest BCUT2D eigenvalue weighted by molar-refractivity contribution is 7.17. The predicted octanol–water partition coefficient (Wildman–Crippen LogP) is 3.27. The summed E-state index contributed by atoms with van der Waals surface area (Å²) >= 11 is 0. The SMILES string of the molecule is CN(C)C(=O)c1ccc(NCC#Cc2cc3c(n2CC(F)P)=CCCC=3NC2CCC(N(C)C)CC2)c(OCF)c1. The number of halogens is 2. The number of carbonyl (C=O) groups is 1. The molecule has 1 amide bonds. The molecule has 41 heavy (non-hydrogen) atoms. The maximum absolute atomic E-state index is 14.2. The van der Waals surface area contributed by atoms with Crippen molar-refractivity contribution >= 4 is 32.6 Å². The van der Waals surface area contributed by atoms with Crippen molar-refractivity contribution in [2.45, 2.75) is 63.1 Å². The average Bonchev–Trinajstić information content (AvgIpc) is 3.29. The number of aromatic nitrogens is 1. The van der Waals surface area contributed by atoms with Crippen molar-refractivity contribution in [1.29, 1.82) is 0 Å². The quantitative estimate of drug-likeness (QED) is 0.331. The maximum Gasteiger partial charge on any atom is 0.253 e. The van der Waals surface area contributed by atoms with E-state index in [-0.39, 0.29) is 24.7 Å². The molecule has 2 atom stereocenters. The summed E-state index contributed by atoms with van der Waals surface area (Å²) in [7, 11) is 9.85. The Balaban J connectivity index is 1.54. The van der Waals surface area contributed by atoms with Gasteiger partial charge in [0.05, 0.1) is 24.5 Å². The molecule has 7 nitrogen and oxygen atoms in total. The molecular weight excluding hydrogens is 543 g/mol. The number of fused-ring (bicyclic) bond motifs is 1. The highest BCUT2D eigenvalue weighted by Gasteiger charge is 2.23. The van der Waals surface area contributed by atoms with Crippen molar-refractivity contribution in [1.82, 2.24) is 19.7 Å². The molecule has 4 rings (SSSR count). The van der Waals surface area contributed by atoms with Crippen molar-refractivity contribution in [2.24, 2.45) is 0 Å². The Kier molecular flexibility index (Phi) is 10.7. The zero-order valence-corrected chi connectivity index (χ0v) is 25.6. The fraction of sp³-hybridized carbons (Fsp3) is 0.516. The van der Waals surface area contributed by atoms with E-state index in [2.05, 4.69) is 62.9 Å². The summed E-state index contributed by atoms with van der Waals surface area (Å²) in [4.78, 5) is 16.1. The van der Waals surface area contributed by atoms with Gasteiger partial charge in [0.25, 0.3) is 5.91 Å². The van der Waals surface area contributed by atoms with Crippen LogP contribution in [-0.2, 0) is 6.54 Å². The first-order chi connectivity index (χ1) is 19.7. The van der Waals surface area contributed by atoms with Gasteiger partial charge in [0.1, 0.15) is 11.7 Å². The Morgan fingerprint density at radius 3 is 2.61 bits per heavy atom. The summed E-state index contributed by atoms with van der Waals surface area (Å²) in [5.74, 6) is 5.29. The zero-order valence-electron chi connectivity index (χ0n) is 24.5. The third-order valence-electron chi connectivity index (χ3n) is 7.79. The summed E-state index contributed by atoms with van der Waals surface area (Å²) in [5.41, 5.74) is 2.91. The maximum atomic E-state index is 14.2. The number of alkyl halides is 2. The van der Waals surface area contributed by atoms with Crippen LogP contribution in [0.5, 0.6) is 5.75 Å². The summed E-state index contributed by atoms with van der Waals surface area (Å²) < 4.78 is 34.3. The molecule has 1 saturated carbocycles. The van der Waals surface area contributed by atoms with E-state index in [9.17, 15) is 13.6 Å². The molecule has 0 radical (unpaired) electrons. The van der Waals surface area contributed by atoms with E-state index >= 15 is 0 Å². The van der Waals surface area contributed by atoms with E-state index in [1.54, 1.807) is 26.2 Å². The Hall–Kier alpha value is -3.08. The molecule has 2 aliphatic rings. The largest absolute Gasteiger partial charge is 0.461 e. The lowest BCUT2D eigenvalue weighted by atomic mass is 9.90. The van der Waals surface area contributed by atoms with Gasteiger partial charge in [0, 0.05) is 48.0 Å². The first-order valence-corrected chi connectivity index (χ1v) is 14.9. The molecule has 0 bridgehead atoms. The van der Waals surface area contributed by atoms with Gasteiger partial charge in [-0.2, -0.15) is 0 Å². The van der Waals surface area contributed by atoms with E-state index in [1.165, 1.54) is 29.5 Å². The molecule has 2 N–H and O–H groups in total. The van der Waals surface area contributed by atoms with E-state index < -0.39 is 12.8 Å². The van der Waals surface area contributed by atoms with Crippen LogP contribution in [0, 0.1) is 11.8 Å². The molecule has 10 heteroatoms. The molecule has 0 saturated heterocycles. The van der Waals surface area contributed by atoms with Crippen LogP contribution in [0.3, 0.4) is 0 Å². The lowest BCUT2D eigenvalue weighted by Crippen LogP contribution is -2.43. The number of nitrogens with zero attached hydrogens (tertiary/aromatic N) is 3. The molecule has 2 aromatic rings. The van der Waals surface area contributed by atoms with Gasteiger partial charge in [0.2, 0.25) is 6.86 Å².